The summed E-state index contributed by atoms with van der Waals surface area (Å²) in [4.78, 5) is 0. The number of aromatic nitrogens is 2. The van der Waals surface area contributed by atoms with E-state index in [1.165, 1.54) is 0 Å². The second-order valence-electron chi connectivity index (χ2n) is 2.79. The molecule has 0 amide bonds. The molecule has 1 aromatic heterocycles. The summed E-state index contributed by atoms with van der Waals surface area (Å²) in [6.07, 6.45) is 0. The van der Waals surface area contributed by atoms with E-state index in [2.05, 4.69) is 5.10 Å². The third-order valence-electron chi connectivity index (χ3n) is 1.90. The van der Waals surface area contributed by atoms with Crippen molar-refractivity contribution in [1.82, 2.24) is 9.78 Å². The molecule has 0 saturated heterocycles. The van der Waals surface area contributed by atoms with Crippen molar-refractivity contribution in [3.63, 3.8) is 0 Å². The highest BCUT2D eigenvalue weighted by Gasteiger charge is 2.09. The van der Waals surface area contributed by atoms with Gasteiger partial charge in [0.05, 0.1) is 15.9 Å². The van der Waals surface area contributed by atoms with Crippen LogP contribution in [0.2, 0.25) is 10.0 Å². The Morgan fingerprint density at radius 1 is 1.38 bits per heavy atom. The molecule has 0 unspecified atom stereocenters. The van der Waals surface area contributed by atoms with Crippen LogP contribution in [0.3, 0.4) is 0 Å². The SMILES string of the molecule is Cn1nc2cc(Cl)cc(Cl)c2c1N. The van der Waals surface area contributed by atoms with E-state index in [0.29, 0.717) is 15.9 Å². The van der Waals surface area contributed by atoms with Crippen LogP contribution in [0.5, 0.6) is 0 Å². The predicted molar refractivity (Wildman–Crippen MR) is 55.1 cm³/mol. The quantitative estimate of drug-likeness (QED) is 0.734. The number of anilines is 1. The van der Waals surface area contributed by atoms with Gasteiger partial charge in [0, 0.05) is 12.1 Å². The second-order valence-corrected chi connectivity index (χ2v) is 3.63. The summed E-state index contributed by atoms with van der Waals surface area (Å²) >= 11 is 11.8. The summed E-state index contributed by atoms with van der Waals surface area (Å²) < 4.78 is 1.58. The number of nitrogen functional groups attached to an aromatic ring is 1. The Kier molecular flexibility index (Phi) is 1.86. The van der Waals surface area contributed by atoms with Crippen molar-refractivity contribution in [2.24, 2.45) is 7.05 Å². The van der Waals surface area contributed by atoms with Crippen LogP contribution in [0.25, 0.3) is 10.9 Å². The number of rotatable bonds is 0. The standard InChI is InChI=1S/C8H7Cl2N3/c1-13-8(11)7-5(10)2-4(9)3-6(7)12-13/h2-3H,11H2,1H3. The molecule has 3 nitrogen and oxygen atoms in total. The van der Waals surface area contributed by atoms with Crippen molar-refractivity contribution in [3.8, 4) is 0 Å². The van der Waals surface area contributed by atoms with E-state index >= 15 is 0 Å². The molecule has 0 spiro atoms. The zero-order valence-electron chi connectivity index (χ0n) is 6.88. The summed E-state index contributed by atoms with van der Waals surface area (Å²) in [7, 11) is 1.76. The number of hydrogen-bond donors (Lipinski definition) is 1. The Hall–Kier alpha value is -0.930. The van der Waals surface area contributed by atoms with Gasteiger partial charge in [-0.1, -0.05) is 23.2 Å². The number of benzene rings is 1. The van der Waals surface area contributed by atoms with E-state index in [1.54, 1.807) is 23.9 Å². The van der Waals surface area contributed by atoms with Gasteiger partial charge in [-0.15, -0.1) is 0 Å². The lowest BCUT2D eigenvalue weighted by Gasteiger charge is -1.95. The van der Waals surface area contributed by atoms with Crippen molar-refractivity contribution >= 4 is 39.9 Å². The Balaban J connectivity index is 2.94. The highest BCUT2D eigenvalue weighted by atomic mass is 35.5. The van der Waals surface area contributed by atoms with Gasteiger partial charge in [-0.05, 0) is 12.1 Å². The number of nitrogens with zero attached hydrogens (tertiary/aromatic N) is 2. The van der Waals surface area contributed by atoms with E-state index in [1.807, 2.05) is 0 Å². The number of halogens is 2. The van der Waals surface area contributed by atoms with Crippen molar-refractivity contribution in [2.45, 2.75) is 0 Å². The minimum atomic E-state index is 0.535. The third kappa shape index (κ3) is 1.24. The molecule has 2 aromatic rings. The summed E-state index contributed by atoms with van der Waals surface area (Å²) in [5.74, 6) is 0.552. The molecule has 2 rings (SSSR count). The van der Waals surface area contributed by atoms with Crippen molar-refractivity contribution in [3.05, 3.63) is 22.2 Å². The Morgan fingerprint density at radius 3 is 2.77 bits per heavy atom. The highest BCUT2D eigenvalue weighted by molar-refractivity contribution is 6.39. The molecule has 1 heterocycles. The van der Waals surface area contributed by atoms with Crippen LogP contribution >= 0.6 is 23.2 Å². The average molecular weight is 216 g/mol. The minimum absolute atomic E-state index is 0.535. The maximum Gasteiger partial charge on any atom is 0.130 e. The van der Waals surface area contributed by atoms with E-state index in [4.69, 9.17) is 28.9 Å². The van der Waals surface area contributed by atoms with Crippen LogP contribution in [-0.2, 0) is 7.05 Å². The fraction of sp³-hybridized carbons (Fsp3) is 0.125. The molecular weight excluding hydrogens is 209 g/mol. The van der Waals surface area contributed by atoms with Gasteiger partial charge in [-0.2, -0.15) is 5.10 Å². The van der Waals surface area contributed by atoms with E-state index < -0.39 is 0 Å². The molecule has 0 aliphatic carbocycles. The summed E-state index contributed by atoms with van der Waals surface area (Å²) in [6.45, 7) is 0. The minimum Gasteiger partial charge on any atom is -0.383 e. The Bertz CT molecular complexity index is 476. The van der Waals surface area contributed by atoms with Gasteiger partial charge in [0.15, 0.2) is 0 Å². The molecule has 0 atom stereocenters. The predicted octanol–water partition coefficient (Wildman–Crippen LogP) is 2.46. The molecule has 13 heavy (non-hydrogen) atoms. The van der Waals surface area contributed by atoms with Crippen LogP contribution in [0.15, 0.2) is 12.1 Å². The smallest absolute Gasteiger partial charge is 0.130 e. The molecule has 1 aromatic carbocycles. The summed E-state index contributed by atoms with van der Waals surface area (Å²) in [5.41, 5.74) is 6.48. The third-order valence-corrected chi connectivity index (χ3v) is 2.41. The molecule has 0 radical (unpaired) electrons. The number of nitrogens with two attached hydrogens (primary N) is 1. The molecule has 2 N–H and O–H groups in total. The zero-order chi connectivity index (χ0) is 9.59. The van der Waals surface area contributed by atoms with Gasteiger partial charge in [-0.25, -0.2) is 0 Å². The van der Waals surface area contributed by atoms with E-state index in [-0.39, 0.29) is 0 Å². The largest absolute Gasteiger partial charge is 0.383 e. The molecule has 0 aliphatic rings. The van der Waals surface area contributed by atoms with Crippen LogP contribution in [0, 0.1) is 0 Å². The van der Waals surface area contributed by atoms with Gasteiger partial charge >= 0.3 is 0 Å². The average Bonchev–Trinajstić information content (AvgIpc) is 2.27. The molecule has 68 valence electrons. The second kappa shape index (κ2) is 2.79. The zero-order valence-corrected chi connectivity index (χ0v) is 8.39. The number of aryl methyl sites for hydroxylation is 1. The lowest BCUT2D eigenvalue weighted by molar-refractivity contribution is 0.791. The van der Waals surface area contributed by atoms with Gasteiger partial charge < -0.3 is 5.73 Å². The first-order chi connectivity index (χ1) is 6.09. The van der Waals surface area contributed by atoms with Crippen LogP contribution in [-0.4, -0.2) is 9.78 Å². The molecule has 0 bridgehead atoms. The van der Waals surface area contributed by atoms with Crippen molar-refractivity contribution < 1.29 is 0 Å². The lowest BCUT2D eigenvalue weighted by Crippen LogP contribution is -1.96. The van der Waals surface area contributed by atoms with Gasteiger partial charge in [-0.3, -0.25) is 4.68 Å². The first kappa shape index (κ1) is 8.66. The molecule has 0 fully saturated rings. The fourth-order valence-electron chi connectivity index (χ4n) is 1.27. The lowest BCUT2D eigenvalue weighted by atomic mass is 10.2. The first-order valence-electron chi connectivity index (χ1n) is 3.67. The monoisotopic (exact) mass is 215 g/mol. The maximum absolute atomic E-state index is 5.96. The fourth-order valence-corrected chi connectivity index (χ4v) is 1.85. The molecular formula is C8H7Cl2N3. The molecule has 5 heteroatoms. The maximum atomic E-state index is 5.96. The first-order valence-corrected chi connectivity index (χ1v) is 4.42. The van der Waals surface area contributed by atoms with Gasteiger partial charge in [0.1, 0.15) is 5.82 Å². The molecule has 0 aliphatic heterocycles. The number of hydrogen-bond acceptors (Lipinski definition) is 2. The summed E-state index contributed by atoms with van der Waals surface area (Å²) in [6, 6.07) is 3.39. The van der Waals surface area contributed by atoms with Crippen molar-refractivity contribution in [2.75, 3.05) is 5.73 Å². The normalized spacial score (nSPS) is 11.0. The van der Waals surface area contributed by atoms with Gasteiger partial charge in [0.2, 0.25) is 0 Å². The Labute approximate surface area is 85.0 Å². The molecule has 0 saturated carbocycles. The van der Waals surface area contributed by atoms with Crippen LogP contribution in [0.4, 0.5) is 5.82 Å². The van der Waals surface area contributed by atoms with E-state index in [0.717, 1.165) is 10.9 Å². The highest BCUT2D eigenvalue weighted by Crippen LogP contribution is 2.30. The van der Waals surface area contributed by atoms with Gasteiger partial charge in [0.25, 0.3) is 0 Å². The van der Waals surface area contributed by atoms with E-state index in [9.17, 15) is 0 Å². The Morgan fingerprint density at radius 2 is 2.08 bits per heavy atom. The number of fused-ring (bicyclic) bond motifs is 1. The van der Waals surface area contributed by atoms with Crippen LogP contribution < -0.4 is 5.73 Å². The summed E-state index contributed by atoms with van der Waals surface area (Å²) in [5, 5.41) is 6.02. The van der Waals surface area contributed by atoms with Crippen LogP contribution in [0.1, 0.15) is 0 Å². The topological polar surface area (TPSA) is 43.8 Å². The van der Waals surface area contributed by atoms with Crippen molar-refractivity contribution in [1.29, 1.82) is 0 Å².